The van der Waals surface area contributed by atoms with Crippen LogP contribution in [0.25, 0.3) is 0 Å². The Hall–Kier alpha value is -2.82. The molecule has 2 aromatic rings. The maximum Gasteiger partial charge on any atom is 0.340 e. The Morgan fingerprint density at radius 1 is 1.04 bits per heavy atom. The van der Waals surface area contributed by atoms with Crippen LogP contribution in [0.2, 0.25) is 0 Å². The molecule has 0 aliphatic carbocycles. The number of nitrogens with two attached hydrogens (primary N) is 1. The first-order valence-corrected chi connectivity index (χ1v) is 8.40. The van der Waals surface area contributed by atoms with Crippen LogP contribution in [0.4, 0.5) is 11.4 Å². The second-order valence-electron chi connectivity index (χ2n) is 5.82. The fraction of sp³-hybridized carbons (Fsp3) is 0.300. The summed E-state index contributed by atoms with van der Waals surface area (Å²) in [6.07, 6.45) is 1.62. The predicted octanol–water partition coefficient (Wildman–Crippen LogP) is 3.50. The molecule has 1 amide bonds. The topological polar surface area (TPSA) is 81.4 Å². The third-order valence-corrected chi connectivity index (χ3v) is 4.14. The number of ether oxygens (including phenoxy) is 1. The standard InChI is InChI=1S/C20H24N2O3/c1-4-14-9-7-10-15(5-2)19(14)22-17(23)12-25-20(24)16-11-6-8-13(3)18(16)21/h6-11H,4-5,12,21H2,1-3H3,(H,22,23). The van der Waals surface area contributed by atoms with Crippen LogP contribution in [0.5, 0.6) is 0 Å². The minimum Gasteiger partial charge on any atom is -0.452 e. The van der Waals surface area contributed by atoms with Crippen LogP contribution in [-0.2, 0) is 22.4 Å². The van der Waals surface area contributed by atoms with Gasteiger partial charge in [0.15, 0.2) is 6.61 Å². The van der Waals surface area contributed by atoms with E-state index in [0.717, 1.165) is 35.2 Å². The van der Waals surface area contributed by atoms with Gasteiger partial charge >= 0.3 is 5.97 Å². The fourth-order valence-electron chi connectivity index (χ4n) is 2.65. The smallest absolute Gasteiger partial charge is 0.340 e. The molecule has 132 valence electrons. The first-order chi connectivity index (χ1) is 12.0. The molecule has 0 radical (unpaired) electrons. The summed E-state index contributed by atoms with van der Waals surface area (Å²) in [7, 11) is 0. The number of carbonyl (C=O) groups excluding carboxylic acids is 2. The van der Waals surface area contributed by atoms with E-state index in [0.29, 0.717) is 5.69 Å². The maximum absolute atomic E-state index is 12.2. The van der Waals surface area contributed by atoms with Crippen LogP contribution in [0, 0.1) is 6.92 Å². The van der Waals surface area contributed by atoms with Gasteiger partial charge < -0.3 is 15.8 Å². The normalized spacial score (nSPS) is 10.4. The molecule has 0 heterocycles. The van der Waals surface area contributed by atoms with E-state index < -0.39 is 5.97 Å². The highest BCUT2D eigenvalue weighted by Crippen LogP contribution is 2.22. The third-order valence-electron chi connectivity index (χ3n) is 4.14. The van der Waals surface area contributed by atoms with Crippen molar-refractivity contribution in [3.05, 3.63) is 58.7 Å². The molecule has 0 atom stereocenters. The largest absolute Gasteiger partial charge is 0.452 e. The molecule has 0 unspecified atom stereocenters. The summed E-state index contributed by atoms with van der Waals surface area (Å²) >= 11 is 0. The third kappa shape index (κ3) is 4.38. The van der Waals surface area contributed by atoms with Crippen molar-refractivity contribution >= 4 is 23.3 Å². The van der Waals surface area contributed by atoms with Gasteiger partial charge in [0.1, 0.15) is 0 Å². The van der Waals surface area contributed by atoms with Crippen LogP contribution in [0.15, 0.2) is 36.4 Å². The Morgan fingerprint density at radius 2 is 1.64 bits per heavy atom. The molecule has 0 aliphatic heterocycles. The van der Waals surface area contributed by atoms with E-state index in [1.807, 2.05) is 45.0 Å². The Morgan fingerprint density at radius 3 is 2.24 bits per heavy atom. The van der Waals surface area contributed by atoms with Crippen LogP contribution in [0.1, 0.15) is 40.9 Å². The van der Waals surface area contributed by atoms with Crippen molar-refractivity contribution in [1.29, 1.82) is 0 Å². The lowest BCUT2D eigenvalue weighted by atomic mass is 10.0. The molecule has 25 heavy (non-hydrogen) atoms. The second kappa shape index (κ2) is 8.33. The van der Waals surface area contributed by atoms with E-state index in [2.05, 4.69) is 5.32 Å². The summed E-state index contributed by atoms with van der Waals surface area (Å²) in [5, 5.41) is 2.87. The number of hydrogen-bond donors (Lipinski definition) is 2. The lowest BCUT2D eigenvalue weighted by Crippen LogP contribution is -2.22. The number of nitrogens with one attached hydrogen (secondary N) is 1. The van der Waals surface area contributed by atoms with Gasteiger partial charge in [-0.1, -0.05) is 44.2 Å². The number of benzene rings is 2. The minimum absolute atomic E-state index is 0.274. The number of hydrogen-bond acceptors (Lipinski definition) is 4. The Balaban J connectivity index is 2.04. The summed E-state index contributed by atoms with van der Waals surface area (Å²) < 4.78 is 5.11. The lowest BCUT2D eigenvalue weighted by molar-refractivity contribution is -0.119. The molecule has 0 fully saturated rings. The SMILES string of the molecule is CCc1cccc(CC)c1NC(=O)COC(=O)c1cccc(C)c1N. The molecule has 0 saturated carbocycles. The highest BCUT2D eigenvalue weighted by atomic mass is 16.5. The van der Waals surface area contributed by atoms with Crippen molar-refractivity contribution in [2.24, 2.45) is 0 Å². The van der Waals surface area contributed by atoms with Gasteiger partial charge in [-0.15, -0.1) is 0 Å². The van der Waals surface area contributed by atoms with Crippen LogP contribution < -0.4 is 11.1 Å². The number of carbonyl (C=O) groups is 2. The van der Waals surface area contributed by atoms with E-state index in [9.17, 15) is 9.59 Å². The Labute approximate surface area is 148 Å². The highest BCUT2D eigenvalue weighted by molar-refractivity contribution is 5.99. The van der Waals surface area contributed by atoms with E-state index in [-0.39, 0.29) is 18.1 Å². The van der Waals surface area contributed by atoms with Crippen molar-refractivity contribution < 1.29 is 14.3 Å². The van der Waals surface area contributed by atoms with Crippen molar-refractivity contribution in [2.45, 2.75) is 33.6 Å². The summed E-state index contributed by atoms with van der Waals surface area (Å²) in [5.74, 6) is -0.967. The van der Waals surface area contributed by atoms with E-state index in [4.69, 9.17) is 10.5 Å². The molecule has 0 saturated heterocycles. The fourth-order valence-corrected chi connectivity index (χ4v) is 2.65. The van der Waals surface area contributed by atoms with Crippen LogP contribution in [-0.4, -0.2) is 18.5 Å². The zero-order valence-corrected chi connectivity index (χ0v) is 14.9. The maximum atomic E-state index is 12.2. The summed E-state index contributed by atoms with van der Waals surface area (Å²) in [6, 6.07) is 11.1. The average Bonchev–Trinajstić information content (AvgIpc) is 2.62. The Bertz CT molecular complexity index is 762. The molecule has 0 bridgehead atoms. The number of esters is 1. The monoisotopic (exact) mass is 340 g/mol. The summed E-state index contributed by atoms with van der Waals surface area (Å²) in [5.41, 5.74) is 10.3. The molecular weight excluding hydrogens is 316 g/mol. The number of rotatable bonds is 6. The van der Waals surface area contributed by atoms with Crippen molar-refractivity contribution in [3.8, 4) is 0 Å². The van der Waals surface area contributed by atoms with Gasteiger partial charge in [0.05, 0.1) is 5.56 Å². The van der Waals surface area contributed by atoms with Crippen LogP contribution >= 0.6 is 0 Å². The van der Waals surface area contributed by atoms with Crippen molar-refractivity contribution in [1.82, 2.24) is 0 Å². The number of nitrogen functional groups attached to an aromatic ring is 1. The molecule has 0 aliphatic rings. The first-order valence-electron chi connectivity index (χ1n) is 8.40. The molecule has 5 heteroatoms. The molecule has 0 spiro atoms. The zero-order valence-electron chi connectivity index (χ0n) is 14.9. The van der Waals surface area contributed by atoms with Gasteiger partial charge in [0.25, 0.3) is 5.91 Å². The van der Waals surface area contributed by atoms with Crippen molar-refractivity contribution in [2.75, 3.05) is 17.7 Å². The first kappa shape index (κ1) is 18.5. The molecule has 2 rings (SSSR count). The lowest BCUT2D eigenvalue weighted by Gasteiger charge is -2.14. The van der Waals surface area contributed by atoms with Crippen LogP contribution in [0.3, 0.4) is 0 Å². The van der Waals surface area contributed by atoms with Gasteiger partial charge in [-0.3, -0.25) is 4.79 Å². The molecule has 3 N–H and O–H groups in total. The summed E-state index contributed by atoms with van der Waals surface area (Å²) in [4.78, 5) is 24.4. The van der Waals surface area contributed by atoms with Gasteiger partial charge in [-0.25, -0.2) is 4.79 Å². The van der Waals surface area contributed by atoms with E-state index in [1.165, 1.54) is 0 Å². The van der Waals surface area contributed by atoms with Gasteiger partial charge in [-0.05, 0) is 42.5 Å². The molecular formula is C20H24N2O3. The highest BCUT2D eigenvalue weighted by Gasteiger charge is 2.15. The second-order valence-corrected chi connectivity index (χ2v) is 5.82. The minimum atomic E-state index is -0.601. The predicted molar refractivity (Wildman–Crippen MR) is 99.7 cm³/mol. The van der Waals surface area contributed by atoms with Crippen molar-refractivity contribution in [3.63, 3.8) is 0 Å². The zero-order chi connectivity index (χ0) is 18.4. The molecule has 2 aromatic carbocycles. The summed E-state index contributed by atoms with van der Waals surface area (Å²) in [6.45, 7) is 5.52. The van der Waals surface area contributed by atoms with Gasteiger partial charge in [0, 0.05) is 11.4 Å². The van der Waals surface area contributed by atoms with Gasteiger partial charge in [0.2, 0.25) is 0 Å². The molecule has 5 nitrogen and oxygen atoms in total. The van der Waals surface area contributed by atoms with E-state index in [1.54, 1.807) is 12.1 Å². The average molecular weight is 340 g/mol. The Kier molecular flexibility index (Phi) is 6.17. The van der Waals surface area contributed by atoms with Gasteiger partial charge in [-0.2, -0.15) is 0 Å². The number of aryl methyl sites for hydroxylation is 3. The number of anilines is 2. The number of amides is 1. The molecule has 0 aromatic heterocycles. The number of para-hydroxylation sites is 2. The quantitative estimate of drug-likeness (QED) is 0.623. The van der Waals surface area contributed by atoms with E-state index >= 15 is 0 Å².